The summed E-state index contributed by atoms with van der Waals surface area (Å²) >= 11 is 0. The van der Waals surface area contributed by atoms with E-state index in [1.807, 2.05) is 12.1 Å². The molecule has 0 saturated carbocycles. The number of benzene rings is 1. The first kappa shape index (κ1) is 13.0. The number of aliphatic hydroxyl groups is 2. The molecule has 2 aliphatic carbocycles. The van der Waals surface area contributed by atoms with E-state index in [1.54, 1.807) is 6.08 Å². The van der Waals surface area contributed by atoms with Crippen molar-refractivity contribution in [2.45, 2.75) is 44.0 Å². The monoisotopic (exact) mass is 286 g/mol. The molecule has 1 unspecified atom stereocenters. The summed E-state index contributed by atoms with van der Waals surface area (Å²) in [7, 11) is 0. The molecule has 1 heterocycles. The highest BCUT2D eigenvalue weighted by atomic mass is 16.5. The first-order valence-electron chi connectivity index (χ1n) is 7.47. The lowest BCUT2D eigenvalue weighted by atomic mass is 9.61. The average molecular weight is 286 g/mol. The molecule has 0 aromatic heterocycles. The number of aliphatic hydroxyl groups excluding tert-OH is 1. The van der Waals surface area contributed by atoms with E-state index in [1.165, 1.54) is 6.08 Å². The maximum atomic E-state index is 12.2. The summed E-state index contributed by atoms with van der Waals surface area (Å²) in [4.78, 5) is 12.2. The third kappa shape index (κ3) is 1.49. The summed E-state index contributed by atoms with van der Waals surface area (Å²) in [5, 5.41) is 20.7. The van der Waals surface area contributed by atoms with Crippen molar-refractivity contribution >= 4 is 5.78 Å². The molecule has 4 heteroatoms. The molecular weight excluding hydrogens is 268 g/mol. The molecule has 4 atom stereocenters. The fourth-order valence-electron chi connectivity index (χ4n) is 4.21. The van der Waals surface area contributed by atoms with Gasteiger partial charge in [0.2, 0.25) is 0 Å². The largest absolute Gasteiger partial charge is 0.481 e. The maximum Gasteiger partial charge on any atom is 0.196 e. The molecular formula is C17H18O4. The van der Waals surface area contributed by atoms with Crippen molar-refractivity contribution in [2.75, 3.05) is 0 Å². The van der Waals surface area contributed by atoms with E-state index in [0.29, 0.717) is 11.3 Å². The van der Waals surface area contributed by atoms with Crippen LogP contribution in [0.3, 0.4) is 0 Å². The zero-order valence-electron chi connectivity index (χ0n) is 11.9. The Morgan fingerprint density at radius 1 is 1.43 bits per heavy atom. The summed E-state index contributed by atoms with van der Waals surface area (Å²) in [6, 6.07) is 3.86. The van der Waals surface area contributed by atoms with Gasteiger partial charge >= 0.3 is 0 Å². The molecule has 0 radical (unpaired) electrons. The topological polar surface area (TPSA) is 66.8 Å². The molecule has 1 aromatic rings. The molecule has 110 valence electrons. The van der Waals surface area contributed by atoms with Gasteiger partial charge in [0.15, 0.2) is 11.9 Å². The van der Waals surface area contributed by atoms with Crippen LogP contribution in [-0.2, 0) is 17.8 Å². The second-order valence-corrected chi connectivity index (χ2v) is 6.23. The summed E-state index contributed by atoms with van der Waals surface area (Å²) in [6.07, 6.45) is 4.08. The van der Waals surface area contributed by atoms with Crippen molar-refractivity contribution in [3.05, 3.63) is 41.0 Å². The number of hydrogen-bond acceptors (Lipinski definition) is 4. The molecule has 3 aliphatic rings. The van der Waals surface area contributed by atoms with Crippen LogP contribution < -0.4 is 4.74 Å². The van der Waals surface area contributed by atoms with Crippen LogP contribution in [0.2, 0.25) is 0 Å². The molecule has 21 heavy (non-hydrogen) atoms. The van der Waals surface area contributed by atoms with Crippen LogP contribution in [0.4, 0.5) is 0 Å². The SMILES string of the molecule is CC[C@@H]1Cc2ccc(CO)c3c2C2[C@@H](O3)C(=O)C=C[C@]21O. The van der Waals surface area contributed by atoms with Crippen molar-refractivity contribution < 1.29 is 19.7 Å². The van der Waals surface area contributed by atoms with E-state index in [0.717, 1.165) is 24.0 Å². The molecule has 4 rings (SSSR count). The van der Waals surface area contributed by atoms with Crippen LogP contribution in [0.5, 0.6) is 5.75 Å². The van der Waals surface area contributed by atoms with E-state index in [9.17, 15) is 15.0 Å². The quantitative estimate of drug-likeness (QED) is 0.864. The highest BCUT2D eigenvalue weighted by Gasteiger charge is 2.58. The molecule has 1 aliphatic heterocycles. The van der Waals surface area contributed by atoms with Crippen LogP contribution in [0, 0.1) is 5.92 Å². The van der Waals surface area contributed by atoms with Gasteiger partial charge in [0.05, 0.1) is 18.1 Å². The predicted molar refractivity (Wildman–Crippen MR) is 76.1 cm³/mol. The lowest BCUT2D eigenvalue weighted by Crippen LogP contribution is -2.53. The third-order valence-electron chi connectivity index (χ3n) is 5.30. The average Bonchev–Trinajstić information content (AvgIpc) is 2.91. The second-order valence-electron chi connectivity index (χ2n) is 6.23. The summed E-state index contributed by atoms with van der Waals surface area (Å²) < 4.78 is 5.87. The Hall–Kier alpha value is -1.65. The van der Waals surface area contributed by atoms with Crippen LogP contribution in [-0.4, -0.2) is 27.7 Å². The Morgan fingerprint density at radius 3 is 2.95 bits per heavy atom. The Bertz CT molecular complexity index is 663. The summed E-state index contributed by atoms with van der Waals surface area (Å²) in [5.41, 5.74) is 1.72. The number of ether oxygens (including phenoxy) is 1. The minimum Gasteiger partial charge on any atom is -0.481 e. The molecule has 0 saturated heterocycles. The van der Waals surface area contributed by atoms with E-state index in [-0.39, 0.29) is 24.2 Å². The normalized spacial score (nSPS) is 35.6. The zero-order valence-corrected chi connectivity index (χ0v) is 11.9. The van der Waals surface area contributed by atoms with Crippen molar-refractivity contribution in [1.82, 2.24) is 0 Å². The molecule has 0 bridgehead atoms. The van der Waals surface area contributed by atoms with E-state index >= 15 is 0 Å². The maximum absolute atomic E-state index is 12.2. The number of carbonyl (C=O) groups is 1. The molecule has 0 amide bonds. The van der Waals surface area contributed by atoms with Gasteiger partial charge in [-0.05, 0) is 36.5 Å². The van der Waals surface area contributed by atoms with Crippen LogP contribution in [0.25, 0.3) is 0 Å². The first-order valence-corrected chi connectivity index (χ1v) is 7.47. The van der Waals surface area contributed by atoms with Gasteiger partial charge < -0.3 is 14.9 Å². The smallest absolute Gasteiger partial charge is 0.196 e. The van der Waals surface area contributed by atoms with E-state index in [2.05, 4.69) is 6.92 Å². The zero-order chi connectivity index (χ0) is 14.8. The minimum atomic E-state index is -1.03. The summed E-state index contributed by atoms with van der Waals surface area (Å²) in [6.45, 7) is 1.94. The van der Waals surface area contributed by atoms with Gasteiger partial charge in [0.25, 0.3) is 0 Å². The molecule has 1 aromatic carbocycles. The number of ketones is 1. The number of rotatable bonds is 2. The standard InChI is InChI=1S/C17H18O4/c1-2-11-7-9-3-4-10(8-18)15-13(9)14-16(21-15)12(19)5-6-17(11,14)20/h3-6,11,14,16,18,20H,2,7-8H2,1H3/t11-,14?,16+,17-/m1/s1. The molecule has 4 nitrogen and oxygen atoms in total. The van der Waals surface area contributed by atoms with Crippen LogP contribution >= 0.6 is 0 Å². The Morgan fingerprint density at radius 2 is 2.24 bits per heavy atom. The Balaban J connectivity index is 1.99. The Labute approximate surface area is 123 Å². The lowest BCUT2D eigenvalue weighted by Gasteiger charge is -2.45. The fourth-order valence-corrected chi connectivity index (χ4v) is 4.21. The molecule has 2 N–H and O–H groups in total. The fraction of sp³-hybridized carbons (Fsp3) is 0.471. The second kappa shape index (κ2) is 4.18. The molecule has 0 fully saturated rings. The molecule has 0 spiro atoms. The van der Waals surface area contributed by atoms with Crippen molar-refractivity contribution in [3.63, 3.8) is 0 Å². The van der Waals surface area contributed by atoms with Crippen molar-refractivity contribution in [2.24, 2.45) is 5.92 Å². The van der Waals surface area contributed by atoms with Gasteiger partial charge in [-0.1, -0.05) is 19.1 Å². The van der Waals surface area contributed by atoms with Crippen LogP contribution in [0.15, 0.2) is 24.3 Å². The van der Waals surface area contributed by atoms with Gasteiger partial charge in [-0.25, -0.2) is 0 Å². The van der Waals surface area contributed by atoms with E-state index in [4.69, 9.17) is 4.74 Å². The van der Waals surface area contributed by atoms with Gasteiger partial charge in [0.1, 0.15) is 5.75 Å². The van der Waals surface area contributed by atoms with Gasteiger partial charge in [0, 0.05) is 11.1 Å². The number of hydrogen-bond donors (Lipinski definition) is 2. The highest BCUT2D eigenvalue weighted by Crippen LogP contribution is 2.56. The van der Waals surface area contributed by atoms with Crippen molar-refractivity contribution in [1.29, 1.82) is 0 Å². The third-order valence-corrected chi connectivity index (χ3v) is 5.30. The minimum absolute atomic E-state index is 0.0800. The highest BCUT2D eigenvalue weighted by molar-refractivity contribution is 5.97. The lowest BCUT2D eigenvalue weighted by molar-refractivity contribution is -0.127. The van der Waals surface area contributed by atoms with Gasteiger partial charge in [-0.2, -0.15) is 0 Å². The predicted octanol–water partition coefficient (Wildman–Crippen LogP) is 1.48. The van der Waals surface area contributed by atoms with Crippen molar-refractivity contribution in [3.8, 4) is 5.75 Å². The van der Waals surface area contributed by atoms with Gasteiger partial charge in [-0.15, -0.1) is 0 Å². The first-order chi connectivity index (χ1) is 10.1. The Kier molecular flexibility index (Phi) is 2.60. The van der Waals surface area contributed by atoms with Crippen LogP contribution in [0.1, 0.15) is 36.0 Å². The van der Waals surface area contributed by atoms with E-state index < -0.39 is 11.7 Å². The number of carbonyl (C=O) groups excluding carboxylic acids is 1. The summed E-state index contributed by atoms with van der Waals surface area (Å²) in [5.74, 6) is 0.240. The van der Waals surface area contributed by atoms with Gasteiger partial charge in [-0.3, -0.25) is 4.79 Å².